The number of benzene rings is 2. The fourth-order valence-electron chi connectivity index (χ4n) is 2.68. The van der Waals surface area contributed by atoms with E-state index in [0.29, 0.717) is 5.02 Å². The van der Waals surface area contributed by atoms with Crippen LogP contribution in [0.2, 0.25) is 5.02 Å². The quantitative estimate of drug-likeness (QED) is 0.461. The molecule has 0 saturated heterocycles. The molecule has 0 spiro atoms. The van der Waals surface area contributed by atoms with Crippen LogP contribution in [0, 0.1) is 0 Å². The molecule has 5 N–H and O–H groups in total. The van der Waals surface area contributed by atoms with Crippen molar-refractivity contribution in [3.63, 3.8) is 0 Å². The first-order chi connectivity index (χ1) is 13.9. The van der Waals surface area contributed by atoms with Crippen molar-refractivity contribution in [1.29, 1.82) is 0 Å². The zero-order chi connectivity index (χ0) is 20.8. The minimum absolute atomic E-state index is 0.155. The van der Waals surface area contributed by atoms with Gasteiger partial charge in [0.1, 0.15) is 6.10 Å². The van der Waals surface area contributed by atoms with E-state index in [0.717, 1.165) is 16.7 Å². The second-order valence-corrected chi connectivity index (χ2v) is 6.76. The average Bonchev–Trinajstić information content (AvgIpc) is 3.21. The van der Waals surface area contributed by atoms with Crippen LogP contribution >= 0.6 is 11.6 Å². The van der Waals surface area contributed by atoms with E-state index in [9.17, 15) is 9.59 Å². The van der Waals surface area contributed by atoms with Gasteiger partial charge in [-0.1, -0.05) is 48.0 Å². The van der Waals surface area contributed by atoms with Crippen LogP contribution in [-0.2, 0) is 20.7 Å². The van der Waals surface area contributed by atoms with Crippen molar-refractivity contribution in [3.05, 3.63) is 59.1 Å². The lowest BCUT2D eigenvalue weighted by Crippen LogP contribution is -2.49. The fourth-order valence-corrected chi connectivity index (χ4v) is 2.87. The topological polar surface area (TPSA) is 124 Å². The molecule has 0 fully saturated rings. The maximum atomic E-state index is 12.6. The molecule has 1 aliphatic rings. The average molecular weight is 418 g/mol. The summed E-state index contributed by atoms with van der Waals surface area (Å²) >= 11 is 6.04. The standard InChI is InChI=1S/C19H20ClN5O4/c1-11(18(27)28)29-16(17(26)21-19-22-24-25-23-19)9-12-5-7-13(8-6-12)14-3-2-4-15(20)10-14/h2-8,10-11,16,24-25H,9H2,1H3,(H,27,28)(H2,21,22,23,26)/t11-,16-/m0/s1. The molecule has 2 aromatic rings. The monoisotopic (exact) mass is 417 g/mol. The Hall–Kier alpha value is -3.14. The van der Waals surface area contributed by atoms with Crippen LogP contribution in [0.25, 0.3) is 11.1 Å². The molecule has 10 heteroatoms. The smallest absolute Gasteiger partial charge is 0.332 e. The number of guanidine groups is 1. The number of nitrogens with zero attached hydrogens (tertiary/aromatic N) is 1. The van der Waals surface area contributed by atoms with Crippen LogP contribution in [-0.4, -0.2) is 35.2 Å². The van der Waals surface area contributed by atoms with E-state index in [1.54, 1.807) is 6.07 Å². The number of rotatable bonds is 7. The SMILES string of the molecule is C[C@H](O[C@@H](Cc1ccc(-c2cccc(Cl)c2)cc1)C(=O)NC1=NNNN1)C(=O)O. The summed E-state index contributed by atoms with van der Waals surface area (Å²) < 4.78 is 5.47. The van der Waals surface area contributed by atoms with Gasteiger partial charge >= 0.3 is 5.97 Å². The molecule has 152 valence electrons. The largest absolute Gasteiger partial charge is 0.479 e. The maximum absolute atomic E-state index is 12.6. The summed E-state index contributed by atoms with van der Waals surface area (Å²) in [6.07, 6.45) is -1.98. The molecule has 1 amide bonds. The summed E-state index contributed by atoms with van der Waals surface area (Å²) in [7, 11) is 0. The van der Waals surface area contributed by atoms with E-state index < -0.39 is 24.1 Å². The third-order valence-electron chi connectivity index (χ3n) is 4.19. The van der Waals surface area contributed by atoms with Gasteiger partial charge in [0.2, 0.25) is 5.96 Å². The summed E-state index contributed by atoms with van der Waals surface area (Å²) in [4.78, 5) is 23.7. The van der Waals surface area contributed by atoms with Gasteiger partial charge in [0.25, 0.3) is 5.91 Å². The van der Waals surface area contributed by atoms with Crippen molar-refractivity contribution in [2.24, 2.45) is 5.10 Å². The number of hydrazine groups is 2. The normalized spacial score (nSPS) is 14.9. The lowest BCUT2D eigenvalue weighted by Gasteiger charge is -2.20. The molecule has 0 unspecified atom stereocenters. The third kappa shape index (κ3) is 5.67. The number of aliphatic carboxylic acids is 1. The third-order valence-corrected chi connectivity index (χ3v) is 4.42. The van der Waals surface area contributed by atoms with Crippen LogP contribution < -0.4 is 21.8 Å². The highest BCUT2D eigenvalue weighted by Crippen LogP contribution is 2.23. The Morgan fingerprint density at radius 3 is 2.59 bits per heavy atom. The zero-order valence-electron chi connectivity index (χ0n) is 15.5. The minimum atomic E-state index is -1.15. The molecule has 1 heterocycles. The first-order valence-electron chi connectivity index (χ1n) is 8.80. The van der Waals surface area contributed by atoms with Gasteiger partial charge in [0.15, 0.2) is 6.10 Å². The number of hydrogen-bond donors (Lipinski definition) is 5. The van der Waals surface area contributed by atoms with Gasteiger partial charge < -0.3 is 9.84 Å². The number of halogens is 1. The van der Waals surface area contributed by atoms with Gasteiger partial charge in [0, 0.05) is 11.4 Å². The number of carboxylic acids is 1. The predicted octanol–water partition coefficient (Wildman–Crippen LogP) is 1.41. The van der Waals surface area contributed by atoms with E-state index in [-0.39, 0.29) is 12.4 Å². The van der Waals surface area contributed by atoms with Crippen LogP contribution in [0.5, 0.6) is 0 Å². The number of carboxylic acid groups (broad SMARTS) is 1. The van der Waals surface area contributed by atoms with Crippen molar-refractivity contribution >= 4 is 29.4 Å². The van der Waals surface area contributed by atoms with Crippen molar-refractivity contribution in [1.82, 2.24) is 21.8 Å². The van der Waals surface area contributed by atoms with E-state index in [4.69, 9.17) is 21.4 Å². The van der Waals surface area contributed by atoms with Crippen molar-refractivity contribution < 1.29 is 19.4 Å². The van der Waals surface area contributed by atoms with E-state index in [2.05, 4.69) is 26.9 Å². The molecule has 0 aromatic heterocycles. The molecule has 2 aromatic carbocycles. The number of hydrazone groups is 1. The van der Waals surface area contributed by atoms with E-state index in [1.807, 2.05) is 42.5 Å². The summed E-state index contributed by atoms with van der Waals surface area (Å²) in [5.41, 5.74) is 10.2. The van der Waals surface area contributed by atoms with E-state index in [1.165, 1.54) is 6.92 Å². The van der Waals surface area contributed by atoms with Gasteiger partial charge in [-0.3, -0.25) is 15.5 Å². The second-order valence-electron chi connectivity index (χ2n) is 6.33. The zero-order valence-corrected chi connectivity index (χ0v) is 16.2. The molecule has 1 aliphatic heterocycles. The molecule has 29 heavy (non-hydrogen) atoms. The summed E-state index contributed by atoms with van der Waals surface area (Å²) in [5.74, 6) is -1.52. The summed E-state index contributed by atoms with van der Waals surface area (Å²) in [5, 5.41) is 16.1. The highest BCUT2D eigenvalue weighted by atomic mass is 35.5. The molecule has 0 saturated carbocycles. The van der Waals surface area contributed by atoms with Gasteiger partial charge in [-0.25, -0.2) is 10.3 Å². The van der Waals surface area contributed by atoms with E-state index >= 15 is 0 Å². The Kier molecular flexibility index (Phi) is 6.65. The summed E-state index contributed by atoms with van der Waals surface area (Å²) in [6, 6.07) is 15.0. The number of nitrogens with one attached hydrogen (secondary N) is 4. The number of hydrogen-bond acceptors (Lipinski definition) is 7. The first-order valence-corrected chi connectivity index (χ1v) is 9.18. The first kappa shape index (κ1) is 20.6. The Bertz CT molecular complexity index is 919. The minimum Gasteiger partial charge on any atom is -0.479 e. The Labute approximate surface area is 172 Å². The number of carbonyl (C=O) groups is 2. The Morgan fingerprint density at radius 1 is 1.21 bits per heavy atom. The van der Waals surface area contributed by atoms with Crippen molar-refractivity contribution in [3.8, 4) is 11.1 Å². The van der Waals surface area contributed by atoms with Gasteiger partial charge in [-0.15, -0.1) is 10.6 Å². The Balaban J connectivity index is 1.73. The van der Waals surface area contributed by atoms with Crippen LogP contribution in [0.4, 0.5) is 0 Å². The second kappa shape index (κ2) is 9.37. The Morgan fingerprint density at radius 2 is 1.97 bits per heavy atom. The summed E-state index contributed by atoms with van der Waals surface area (Å²) in [6.45, 7) is 1.37. The number of carbonyl (C=O) groups excluding carboxylic acids is 1. The van der Waals surface area contributed by atoms with Gasteiger partial charge in [-0.05, 0) is 35.7 Å². The van der Waals surface area contributed by atoms with Gasteiger partial charge in [0.05, 0.1) is 0 Å². The van der Waals surface area contributed by atoms with Crippen molar-refractivity contribution in [2.45, 2.75) is 25.6 Å². The van der Waals surface area contributed by atoms with Crippen LogP contribution in [0.15, 0.2) is 53.6 Å². The fraction of sp³-hybridized carbons (Fsp3) is 0.211. The predicted molar refractivity (Wildman–Crippen MR) is 108 cm³/mol. The molecule has 9 nitrogen and oxygen atoms in total. The van der Waals surface area contributed by atoms with Crippen LogP contribution in [0.1, 0.15) is 12.5 Å². The lowest BCUT2D eigenvalue weighted by molar-refractivity contribution is -0.156. The highest BCUT2D eigenvalue weighted by molar-refractivity contribution is 6.30. The molecular weight excluding hydrogens is 398 g/mol. The molecule has 0 radical (unpaired) electrons. The molecule has 0 bridgehead atoms. The molecule has 3 rings (SSSR count). The number of ether oxygens (including phenoxy) is 1. The van der Waals surface area contributed by atoms with Crippen molar-refractivity contribution in [2.75, 3.05) is 0 Å². The molecular formula is C19H20ClN5O4. The molecule has 2 atom stereocenters. The highest BCUT2D eigenvalue weighted by Gasteiger charge is 2.26. The van der Waals surface area contributed by atoms with Crippen LogP contribution in [0.3, 0.4) is 0 Å². The lowest BCUT2D eigenvalue weighted by atomic mass is 10.0. The molecule has 0 aliphatic carbocycles. The number of amides is 1. The maximum Gasteiger partial charge on any atom is 0.332 e. The van der Waals surface area contributed by atoms with Gasteiger partial charge in [-0.2, -0.15) is 0 Å².